The molecule has 0 radical (unpaired) electrons. The summed E-state index contributed by atoms with van der Waals surface area (Å²) in [5, 5.41) is 12.3. The number of hydrogen-bond acceptors (Lipinski definition) is 3. The fraction of sp³-hybridized carbons (Fsp3) is 0.429. The van der Waals surface area contributed by atoms with Crippen LogP contribution in [0.5, 0.6) is 0 Å². The van der Waals surface area contributed by atoms with Crippen LogP contribution in [0.25, 0.3) is 0 Å². The Kier molecular flexibility index (Phi) is 4.32. The molecule has 0 aromatic heterocycles. The van der Waals surface area contributed by atoms with E-state index >= 15 is 0 Å². The molecule has 0 bridgehead atoms. The molecule has 0 spiro atoms. The summed E-state index contributed by atoms with van der Waals surface area (Å²) in [4.78, 5) is 13.0. The van der Waals surface area contributed by atoms with Gasteiger partial charge in [-0.3, -0.25) is 4.79 Å². The van der Waals surface area contributed by atoms with Crippen molar-refractivity contribution >= 4 is 11.6 Å². The Hall–Kier alpha value is -1.98. The number of carbonyl (C=O) groups excluding carboxylic acids is 1. The van der Waals surface area contributed by atoms with Crippen molar-refractivity contribution in [1.29, 1.82) is 0 Å². The SMILES string of the molecule is CC(=O)N1CCC(/C(=N\O)c2ccc(F)cc2F)CC1. The van der Waals surface area contributed by atoms with Crippen LogP contribution >= 0.6 is 0 Å². The van der Waals surface area contributed by atoms with Crippen LogP contribution < -0.4 is 0 Å². The number of carbonyl (C=O) groups is 1. The zero-order valence-corrected chi connectivity index (χ0v) is 11.1. The molecule has 0 saturated carbocycles. The largest absolute Gasteiger partial charge is 0.411 e. The van der Waals surface area contributed by atoms with Gasteiger partial charge in [0, 0.05) is 37.6 Å². The molecule has 1 N–H and O–H groups in total. The normalized spacial score (nSPS) is 17.4. The second-order valence-corrected chi connectivity index (χ2v) is 4.89. The van der Waals surface area contributed by atoms with Crippen molar-refractivity contribution in [2.24, 2.45) is 11.1 Å². The van der Waals surface area contributed by atoms with Crippen LogP contribution in [-0.2, 0) is 4.79 Å². The molecule has 1 aromatic rings. The predicted octanol–water partition coefficient (Wildman–Crippen LogP) is 2.40. The Bertz CT molecular complexity index is 538. The van der Waals surface area contributed by atoms with Gasteiger partial charge in [-0.2, -0.15) is 0 Å². The van der Waals surface area contributed by atoms with Crippen molar-refractivity contribution in [3.05, 3.63) is 35.4 Å². The van der Waals surface area contributed by atoms with Gasteiger partial charge in [0.25, 0.3) is 0 Å². The van der Waals surface area contributed by atoms with Crippen molar-refractivity contribution in [3.63, 3.8) is 0 Å². The van der Waals surface area contributed by atoms with E-state index in [4.69, 9.17) is 5.21 Å². The first-order valence-electron chi connectivity index (χ1n) is 6.45. The lowest BCUT2D eigenvalue weighted by molar-refractivity contribution is -0.129. The van der Waals surface area contributed by atoms with Gasteiger partial charge in [0.05, 0.1) is 5.71 Å². The minimum absolute atomic E-state index is 0.00102. The van der Waals surface area contributed by atoms with Crippen LogP contribution in [0.4, 0.5) is 8.78 Å². The average Bonchev–Trinajstić information content (AvgIpc) is 2.42. The maximum atomic E-state index is 13.8. The zero-order valence-electron chi connectivity index (χ0n) is 11.1. The Morgan fingerprint density at radius 2 is 2.00 bits per heavy atom. The lowest BCUT2D eigenvalue weighted by atomic mass is 9.88. The summed E-state index contributed by atoms with van der Waals surface area (Å²) >= 11 is 0. The number of amides is 1. The molecule has 6 heteroatoms. The van der Waals surface area contributed by atoms with Crippen LogP contribution in [0.2, 0.25) is 0 Å². The highest BCUT2D eigenvalue weighted by Crippen LogP contribution is 2.24. The monoisotopic (exact) mass is 282 g/mol. The van der Waals surface area contributed by atoms with Gasteiger partial charge in [0.15, 0.2) is 0 Å². The van der Waals surface area contributed by atoms with Gasteiger partial charge in [-0.1, -0.05) is 5.16 Å². The van der Waals surface area contributed by atoms with E-state index in [9.17, 15) is 13.6 Å². The van der Waals surface area contributed by atoms with Gasteiger partial charge < -0.3 is 10.1 Å². The highest BCUT2D eigenvalue weighted by atomic mass is 19.1. The third kappa shape index (κ3) is 2.95. The molecular formula is C14H16F2N2O2. The maximum Gasteiger partial charge on any atom is 0.219 e. The number of benzene rings is 1. The topological polar surface area (TPSA) is 52.9 Å². The Labute approximate surface area is 115 Å². The Morgan fingerprint density at radius 3 is 2.50 bits per heavy atom. The first-order valence-corrected chi connectivity index (χ1v) is 6.45. The Balaban J connectivity index is 2.16. The molecule has 0 aliphatic carbocycles. The number of piperidine rings is 1. The summed E-state index contributed by atoms with van der Waals surface area (Å²) in [7, 11) is 0. The van der Waals surface area contributed by atoms with Crippen molar-refractivity contribution < 1.29 is 18.8 Å². The van der Waals surface area contributed by atoms with E-state index in [0.717, 1.165) is 12.1 Å². The number of likely N-dealkylation sites (tertiary alicyclic amines) is 1. The van der Waals surface area contributed by atoms with Gasteiger partial charge in [-0.25, -0.2) is 8.78 Å². The number of nitrogens with zero attached hydrogens (tertiary/aromatic N) is 2. The van der Waals surface area contributed by atoms with Crippen LogP contribution in [0.1, 0.15) is 25.3 Å². The second-order valence-electron chi connectivity index (χ2n) is 4.89. The van der Waals surface area contributed by atoms with Gasteiger partial charge >= 0.3 is 0 Å². The zero-order chi connectivity index (χ0) is 14.7. The number of rotatable bonds is 2. The smallest absolute Gasteiger partial charge is 0.219 e. The predicted molar refractivity (Wildman–Crippen MR) is 69.7 cm³/mol. The quantitative estimate of drug-likeness (QED) is 0.514. The molecule has 1 amide bonds. The van der Waals surface area contributed by atoms with Gasteiger partial charge in [-0.05, 0) is 25.0 Å². The molecule has 1 fully saturated rings. The maximum absolute atomic E-state index is 13.8. The molecule has 1 aromatic carbocycles. The molecule has 1 saturated heterocycles. The molecule has 108 valence electrons. The molecule has 0 atom stereocenters. The second kappa shape index (κ2) is 5.98. The van der Waals surface area contributed by atoms with E-state index in [-0.39, 0.29) is 23.1 Å². The molecule has 20 heavy (non-hydrogen) atoms. The van der Waals surface area contributed by atoms with Crippen molar-refractivity contribution in [3.8, 4) is 0 Å². The van der Waals surface area contributed by atoms with E-state index in [1.807, 2.05) is 0 Å². The van der Waals surface area contributed by atoms with E-state index in [0.29, 0.717) is 25.9 Å². The van der Waals surface area contributed by atoms with Gasteiger partial charge in [0.1, 0.15) is 11.6 Å². The molecule has 1 heterocycles. The highest BCUT2D eigenvalue weighted by molar-refractivity contribution is 6.02. The summed E-state index contributed by atoms with van der Waals surface area (Å²) in [6.07, 6.45) is 1.19. The number of hydrogen-bond donors (Lipinski definition) is 1. The number of oxime groups is 1. The van der Waals surface area contributed by atoms with Gasteiger partial charge in [-0.15, -0.1) is 0 Å². The van der Waals surface area contributed by atoms with Crippen LogP contribution in [0, 0.1) is 17.6 Å². The van der Waals surface area contributed by atoms with E-state index in [2.05, 4.69) is 5.16 Å². The van der Waals surface area contributed by atoms with Crippen LogP contribution in [-0.4, -0.2) is 34.8 Å². The van der Waals surface area contributed by atoms with Crippen LogP contribution in [0.15, 0.2) is 23.4 Å². The fourth-order valence-corrected chi connectivity index (χ4v) is 2.52. The highest BCUT2D eigenvalue weighted by Gasteiger charge is 2.27. The van der Waals surface area contributed by atoms with Crippen LogP contribution in [0.3, 0.4) is 0 Å². The lowest BCUT2D eigenvalue weighted by Gasteiger charge is -2.31. The molecule has 1 aliphatic rings. The average molecular weight is 282 g/mol. The van der Waals surface area contributed by atoms with Crippen molar-refractivity contribution in [1.82, 2.24) is 4.90 Å². The minimum Gasteiger partial charge on any atom is -0.411 e. The lowest BCUT2D eigenvalue weighted by Crippen LogP contribution is -2.39. The molecule has 4 nitrogen and oxygen atoms in total. The first kappa shape index (κ1) is 14.4. The third-order valence-electron chi connectivity index (χ3n) is 3.64. The molecule has 0 unspecified atom stereocenters. The Morgan fingerprint density at radius 1 is 1.35 bits per heavy atom. The molecule has 2 rings (SSSR count). The first-order chi connectivity index (χ1) is 9.52. The molecular weight excluding hydrogens is 266 g/mol. The fourth-order valence-electron chi connectivity index (χ4n) is 2.52. The number of halogens is 2. The summed E-state index contributed by atoms with van der Waals surface area (Å²) in [6, 6.07) is 3.18. The summed E-state index contributed by atoms with van der Waals surface area (Å²) in [6.45, 7) is 2.59. The summed E-state index contributed by atoms with van der Waals surface area (Å²) < 4.78 is 26.7. The minimum atomic E-state index is -0.744. The van der Waals surface area contributed by atoms with E-state index in [1.165, 1.54) is 13.0 Å². The third-order valence-corrected chi connectivity index (χ3v) is 3.64. The van der Waals surface area contributed by atoms with E-state index in [1.54, 1.807) is 4.90 Å². The van der Waals surface area contributed by atoms with Gasteiger partial charge in [0.2, 0.25) is 5.91 Å². The van der Waals surface area contributed by atoms with Crippen molar-refractivity contribution in [2.75, 3.05) is 13.1 Å². The standard InChI is InChI=1S/C14H16F2N2O2/c1-9(19)18-6-4-10(5-7-18)14(17-20)12-3-2-11(15)8-13(12)16/h2-3,8,10,20H,4-7H2,1H3/b17-14+. The molecule has 1 aliphatic heterocycles. The van der Waals surface area contributed by atoms with E-state index < -0.39 is 11.6 Å². The van der Waals surface area contributed by atoms with Crippen molar-refractivity contribution in [2.45, 2.75) is 19.8 Å². The summed E-state index contributed by atoms with van der Waals surface area (Å²) in [5.41, 5.74) is 0.320. The summed E-state index contributed by atoms with van der Waals surface area (Å²) in [5.74, 6) is -1.56.